The summed E-state index contributed by atoms with van der Waals surface area (Å²) in [4.78, 5) is 10.6. The van der Waals surface area contributed by atoms with Crippen molar-refractivity contribution < 1.29 is 39.5 Å². The third-order valence-electron chi connectivity index (χ3n) is 2.48. The minimum Gasteiger partial charge on any atom is -0.545 e. The summed E-state index contributed by atoms with van der Waals surface area (Å²) in [6.07, 6.45) is 1.61. The summed E-state index contributed by atoms with van der Waals surface area (Å²) in [5.74, 6) is -1.13. The van der Waals surface area contributed by atoms with Gasteiger partial charge in [0, 0.05) is 0 Å². The molecule has 0 fully saturated rings. The Morgan fingerprint density at radius 3 is 2.00 bits per heavy atom. The minimum absolute atomic E-state index is 0. The number of benzene rings is 1. The van der Waals surface area contributed by atoms with Gasteiger partial charge in [-0.2, -0.15) is 0 Å². The molecule has 0 aromatic heterocycles. The molecular weight excluding hydrogens is 223 g/mol. The summed E-state index contributed by atoms with van der Waals surface area (Å²) in [5, 5.41) is 10.6. The molecular formula is C14H17NaO2. The van der Waals surface area contributed by atoms with Crippen LogP contribution in [0.3, 0.4) is 0 Å². The van der Waals surface area contributed by atoms with Crippen LogP contribution < -0.4 is 34.7 Å². The van der Waals surface area contributed by atoms with E-state index in [1.807, 2.05) is 24.3 Å². The summed E-state index contributed by atoms with van der Waals surface area (Å²) in [6, 6.07) is 7.89. The van der Waals surface area contributed by atoms with Crippen molar-refractivity contribution in [2.24, 2.45) is 0 Å². The van der Waals surface area contributed by atoms with Crippen LogP contribution in [0.25, 0.3) is 6.08 Å². The molecule has 1 aromatic rings. The van der Waals surface area contributed by atoms with Crippen LogP contribution in [0, 0.1) is 0 Å². The van der Waals surface area contributed by atoms with Crippen LogP contribution in [0.15, 0.2) is 29.8 Å². The van der Waals surface area contributed by atoms with Crippen molar-refractivity contribution >= 4 is 12.0 Å². The van der Waals surface area contributed by atoms with Crippen molar-refractivity contribution in [1.82, 2.24) is 0 Å². The molecule has 0 bridgehead atoms. The summed E-state index contributed by atoms with van der Waals surface area (Å²) in [6.45, 7) is 7.96. The fourth-order valence-corrected chi connectivity index (χ4v) is 1.39. The number of carboxylic acids is 1. The van der Waals surface area contributed by atoms with Crippen LogP contribution >= 0.6 is 0 Å². The van der Waals surface area contributed by atoms with Crippen LogP contribution in [-0.4, -0.2) is 5.97 Å². The van der Waals surface area contributed by atoms with Crippen molar-refractivity contribution in [3.05, 3.63) is 41.0 Å². The normalized spacial score (nSPS) is 11.9. The molecule has 0 aliphatic carbocycles. The maximum absolute atomic E-state index is 10.6. The van der Waals surface area contributed by atoms with Gasteiger partial charge in [0.1, 0.15) is 0 Å². The van der Waals surface area contributed by atoms with E-state index in [4.69, 9.17) is 0 Å². The van der Waals surface area contributed by atoms with Crippen molar-refractivity contribution in [3.63, 3.8) is 0 Å². The number of carbonyl (C=O) groups is 1. The Labute approximate surface area is 125 Å². The molecule has 0 unspecified atom stereocenters. The van der Waals surface area contributed by atoms with Gasteiger partial charge in [0.15, 0.2) is 0 Å². The molecule has 1 aromatic carbocycles. The Morgan fingerprint density at radius 1 is 1.18 bits per heavy atom. The van der Waals surface area contributed by atoms with E-state index in [9.17, 15) is 9.90 Å². The first-order valence-electron chi connectivity index (χ1n) is 5.31. The number of rotatable bonds is 2. The first kappa shape index (κ1) is 16.4. The number of hydrogen-bond acceptors (Lipinski definition) is 2. The van der Waals surface area contributed by atoms with E-state index in [0.717, 1.165) is 5.56 Å². The molecule has 0 heterocycles. The van der Waals surface area contributed by atoms with Gasteiger partial charge in [-0.05, 0) is 29.0 Å². The average Bonchev–Trinajstić information content (AvgIpc) is 2.17. The standard InChI is InChI=1S/C14H18O2.Na/c1-10(13(15)16)9-11-5-7-12(8-6-11)14(2,3)4;/h5-9H,1-4H3,(H,15,16);/q;+1/p-1/b10-9+;. The number of carbonyl (C=O) groups excluding carboxylic acids is 1. The van der Waals surface area contributed by atoms with Crippen LogP contribution in [0.1, 0.15) is 38.8 Å². The number of hydrogen-bond donors (Lipinski definition) is 0. The summed E-state index contributed by atoms with van der Waals surface area (Å²) >= 11 is 0. The second-order valence-corrected chi connectivity index (χ2v) is 4.99. The molecule has 0 N–H and O–H groups in total. The molecule has 86 valence electrons. The van der Waals surface area contributed by atoms with E-state index in [1.165, 1.54) is 12.5 Å². The largest absolute Gasteiger partial charge is 1.00 e. The SMILES string of the molecule is C/C(=C\c1ccc(C(C)(C)C)cc1)C(=O)[O-].[Na+]. The number of aliphatic carboxylic acids is 1. The molecule has 2 nitrogen and oxygen atoms in total. The molecule has 0 saturated carbocycles. The van der Waals surface area contributed by atoms with Gasteiger partial charge in [0.2, 0.25) is 0 Å². The van der Waals surface area contributed by atoms with Gasteiger partial charge in [-0.3, -0.25) is 0 Å². The second-order valence-electron chi connectivity index (χ2n) is 4.99. The minimum atomic E-state index is -1.13. The van der Waals surface area contributed by atoms with Gasteiger partial charge in [-0.25, -0.2) is 0 Å². The molecule has 0 amide bonds. The predicted octanol–water partition coefficient (Wildman–Crippen LogP) is -0.859. The van der Waals surface area contributed by atoms with Crippen molar-refractivity contribution in [2.45, 2.75) is 33.1 Å². The topological polar surface area (TPSA) is 40.1 Å². The maximum Gasteiger partial charge on any atom is 1.00 e. The van der Waals surface area contributed by atoms with E-state index < -0.39 is 5.97 Å². The third-order valence-corrected chi connectivity index (χ3v) is 2.48. The van der Waals surface area contributed by atoms with E-state index >= 15 is 0 Å². The molecule has 1 rings (SSSR count). The van der Waals surface area contributed by atoms with E-state index in [1.54, 1.807) is 6.08 Å². The van der Waals surface area contributed by atoms with Gasteiger partial charge in [0.25, 0.3) is 0 Å². The van der Waals surface area contributed by atoms with Crippen molar-refractivity contribution in [3.8, 4) is 0 Å². The molecule has 0 atom stereocenters. The monoisotopic (exact) mass is 240 g/mol. The molecule has 0 spiro atoms. The zero-order valence-corrected chi connectivity index (χ0v) is 13.2. The summed E-state index contributed by atoms with van der Waals surface area (Å²) in [7, 11) is 0. The molecule has 0 aliphatic rings. The molecule has 3 heteroatoms. The van der Waals surface area contributed by atoms with E-state index in [2.05, 4.69) is 20.8 Å². The Kier molecular flexibility index (Phi) is 6.17. The fourth-order valence-electron chi connectivity index (χ4n) is 1.39. The van der Waals surface area contributed by atoms with Crippen LogP contribution in [0.2, 0.25) is 0 Å². The Hall–Kier alpha value is -0.570. The molecule has 0 aliphatic heterocycles. The van der Waals surface area contributed by atoms with Gasteiger partial charge < -0.3 is 9.90 Å². The molecule has 0 saturated heterocycles. The first-order valence-corrected chi connectivity index (χ1v) is 5.31. The van der Waals surface area contributed by atoms with Crippen molar-refractivity contribution in [2.75, 3.05) is 0 Å². The third kappa shape index (κ3) is 5.07. The first-order chi connectivity index (χ1) is 7.30. The van der Waals surface area contributed by atoms with Gasteiger partial charge in [0.05, 0.1) is 5.97 Å². The van der Waals surface area contributed by atoms with Gasteiger partial charge >= 0.3 is 29.6 Å². The van der Waals surface area contributed by atoms with Crippen LogP contribution in [0.4, 0.5) is 0 Å². The second kappa shape index (κ2) is 6.39. The Balaban J connectivity index is 0.00000256. The van der Waals surface area contributed by atoms with Crippen LogP contribution in [0.5, 0.6) is 0 Å². The van der Waals surface area contributed by atoms with Crippen molar-refractivity contribution in [1.29, 1.82) is 0 Å². The average molecular weight is 240 g/mol. The maximum atomic E-state index is 10.6. The Bertz CT molecular complexity index is 411. The Morgan fingerprint density at radius 2 is 1.65 bits per heavy atom. The zero-order valence-electron chi connectivity index (χ0n) is 11.2. The number of carboxylic acid groups (broad SMARTS) is 1. The van der Waals surface area contributed by atoms with Gasteiger partial charge in [-0.15, -0.1) is 0 Å². The smallest absolute Gasteiger partial charge is 0.545 e. The molecule has 0 radical (unpaired) electrons. The molecule has 17 heavy (non-hydrogen) atoms. The van der Waals surface area contributed by atoms with E-state index in [0.29, 0.717) is 0 Å². The quantitative estimate of drug-likeness (QED) is 0.498. The predicted molar refractivity (Wildman–Crippen MR) is 63.8 cm³/mol. The summed E-state index contributed by atoms with van der Waals surface area (Å²) < 4.78 is 0. The summed E-state index contributed by atoms with van der Waals surface area (Å²) in [5.41, 5.74) is 2.47. The zero-order chi connectivity index (χ0) is 12.3. The van der Waals surface area contributed by atoms with E-state index in [-0.39, 0.29) is 40.5 Å². The fraction of sp³-hybridized carbons (Fsp3) is 0.357. The van der Waals surface area contributed by atoms with Crippen LogP contribution in [-0.2, 0) is 10.2 Å². The van der Waals surface area contributed by atoms with Gasteiger partial charge in [-0.1, -0.05) is 51.1 Å².